The van der Waals surface area contributed by atoms with Gasteiger partial charge in [0.15, 0.2) is 0 Å². The van der Waals surface area contributed by atoms with Crippen molar-refractivity contribution in [3.05, 3.63) is 33.9 Å². The maximum atomic E-state index is 10.9. The largest absolute Gasteiger partial charge is 0.383 e. The predicted molar refractivity (Wildman–Crippen MR) is 66.7 cm³/mol. The molecule has 1 atom stereocenters. The molecule has 98 valence electrons. The van der Waals surface area contributed by atoms with Gasteiger partial charge in [-0.15, -0.1) is 0 Å². The van der Waals surface area contributed by atoms with Crippen LogP contribution in [0.2, 0.25) is 0 Å². The number of hydrogen-bond acceptors (Lipinski definition) is 5. The van der Waals surface area contributed by atoms with Crippen molar-refractivity contribution in [1.29, 1.82) is 0 Å². The summed E-state index contributed by atoms with van der Waals surface area (Å²) in [5.41, 5.74) is 1.38. The Labute approximate surface area is 105 Å². The average molecular weight is 252 g/mol. The van der Waals surface area contributed by atoms with E-state index in [0.29, 0.717) is 18.9 Å². The summed E-state index contributed by atoms with van der Waals surface area (Å²) in [5, 5.41) is 13.7. The molecule has 0 bridgehead atoms. The van der Waals surface area contributed by atoms with Gasteiger partial charge in [-0.1, -0.05) is 6.07 Å². The van der Waals surface area contributed by atoms with E-state index in [1.807, 2.05) is 6.07 Å². The number of hydrogen-bond donors (Lipinski definition) is 1. The Hall–Kier alpha value is -1.66. The van der Waals surface area contributed by atoms with E-state index in [4.69, 9.17) is 9.47 Å². The average Bonchev–Trinajstić information content (AvgIpc) is 2.89. The van der Waals surface area contributed by atoms with E-state index in [1.165, 1.54) is 0 Å². The Morgan fingerprint density at radius 1 is 1.61 bits per heavy atom. The highest BCUT2D eigenvalue weighted by Gasteiger charge is 2.17. The van der Waals surface area contributed by atoms with Gasteiger partial charge in [-0.25, -0.2) is 0 Å². The summed E-state index contributed by atoms with van der Waals surface area (Å²) >= 11 is 0. The van der Waals surface area contributed by atoms with Crippen molar-refractivity contribution in [3.63, 3.8) is 0 Å². The predicted octanol–water partition coefficient (Wildman–Crippen LogP) is 1.94. The van der Waals surface area contributed by atoms with Crippen molar-refractivity contribution in [2.24, 2.45) is 0 Å². The summed E-state index contributed by atoms with van der Waals surface area (Å²) in [7, 11) is 1.66. The van der Waals surface area contributed by atoms with Crippen LogP contribution in [0.15, 0.2) is 18.2 Å². The van der Waals surface area contributed by atoms with E-state index in [-0.39, 0.29) is 11.8 Å². The molecule has 1 N–H and O–H groups in total. The van der Waals surface area contributed by atoms with Crippen LogP contribution in [-0.4, -0.2) is 31.3 Å². The number of nitrogens with one attached hydrogen (secondary N) is 1. The minimum Gasteiger partial charge on any atom is -0.383 e. The fourth-order valence-electron chi connectivity index (χ4n) is 1.89. The topological polar surface area (TPSA) is 73.6 Å². The molecule has 0 radical (unpaired) electrons. The van der Waals surface area contributed by atoms with Crippen molar-refractivity contribution in [3.8, 4) is 0 Å². The molecule has 6 nitrogen and oxygen atoms in total. The van der Waals surface area contributed by atoms with Crippen molar-refractivity contribution >= 4 is 11.4 Å². The summed E-state index contributed by atoms with van der Waals surface area (Å²) in [4.78, 5) is 10.5. The second kappa shape index (κ2) is 5.79. The standard InChI is InChI=1S/C12H16N2O4/c1-13-11-3-2-9(6-12(11)14(15)16)7-18-10-4-5-17-8-10/h2-3,6,10,13H,4-5,7-8H2,1H3. The normalized spacial score (nSPS) is 18.8. The third-order valence-corrected chi connectivity index (χ3v) is 2.90. The molecule has 1 unspecified atom stereocenters. The first-order valence-electron chi connectivity index (χ1n) is 5.85. The molecule has 1 saturated heterocycles. The molecule has 1 aromatic carbocycles. The van der Waals surface area contributed by atoms with Crippen LogP contribution >= 0.6 is 0 Å². The highest BCUT2D eigenvalue weighted by atomic mass is 16.6. The Morgan fingerprint density at radius 3 is 3.06 bits per heavy atom. The molecule has 6 heteroatoms. The number of nitro benzene ring substituents is 1. The maximum absolute atomic E-state index is 10.9. The van der Waals surface area contributed by atoms with Gasteiger partial charge >= 0.3 is 0 Å². The molecule has 0 amide bonds. The fraction of sp³-hybridized carbons (Fsp3) is 0.500. The van der Waals surface area contributed by atoms with Crippen molar-refractivity contribution < 1.29 is 14.4 Å². The van der Waals surface area contributed by atoms with E-state index >= 15 is 0 Å². The molecule has 0 saturated carbocycles. The number of nitro groups is 1. The Kier molecular flexibility index (Phi) is 4.11. The minimum absolute atomic E-state index is 0.0706. The SMILES string of the molecule is CNc1ccc(COC2CCOC2)cc1[N+](=O)[O-]. The lowest BCUT2D eigenvalue weighted by Gasteiger charge is -2.10. The summed E-state index contributed by atoms with van der Waals surface area (Å²) in [5.74, 6) is 0. The Morgan fingerprint density at radius 2 is 2.44 bits per heavy atom. The first-order valence-corrected chi connectivity index (χ1v) is 5.85. The molecule has 1 aliphatic rings. The number of anilines is 1. The smallest absolute Gasteiger partial charge is 0.292 e. The summed E-state index contributed by atoms with van der Waals surface area (Å²) in [6.45, 7) is 1.71. The second-order valence-electron chi connectivity index (χ2n) is 4.16. The van der Waals surface area contributed by atoms with Gasteiger partial charge in [0.05, 0.1) is 24.2 Å². The van der Waals surface area contributed by atoms with Crippen LogP contribution in [0.5, 0.6) is 0 Å². The van der Waals surface area contributed by atoms with Crippen LogP contribution < -0.4 is 5.32 Å². The molecule has 1 fully saturated rings. The minimum atomic E-state index is -0.395. The lowest BCUT2D eigenvalue weighted by atomic mass is 10.2. The molecule has 1 aromatic rings. The first-order chi connectivity index (χ1) is 8.70. The van der Waals surface area contributed by atoms with Gasteiger partial charge in [-0.05, 0) is 18.1 Å². The summed E-state index contributed by atoms with van der Waals surface area (Å²) in [6, 6.07) is 5.07. The summed E-state index contributed by atoms with van der Waals surface area (Å²) in [6.07, 6.45) is 0.990. The zero-order valence-corrected chi connectivity index (χ0v) is 10.2. The molecule has 18 heavy (non-hydrogen) atoms. The van der Waals surface area contributed by atoms with Gasteiger partial charge in [-0.2, -0.15) is 0 Å². The van der Waals surface area contributed by atoms with Gasteiger partial charge in [0, 0.05) is 19.7 Å². The van der Waals surface area contributed by atoms with Crippen LogP contribution in [0.3, 0.4) is 0 Å². The quantitative estimate of drug-likeness (QED) is 0.640. The molecular formula is C12H16N2O4. The number of nitrogens with zero attached hydrogens (tertiary/aromatic N) is 1. The van der Waals surface area contributed by atoms with Gasteiger partial charge in [-0.3, -0.25) is 10.1 Å². The first kappa shape index (κ1) is 12.8. The van der Waals surface area contributed by atoms with Gasteiger partial charge in [0.1, 0.15) is 5.69 Å². The lowest BCUT2D eigenvalue weighted by molar-refractivity contribution is -0.384. The third-order valence-electron chi connectivity index (χ3n) is 2.90. The van der Waals surface area contributed by atoms with Crippen molar-refractivity contribution in [2.45, 2.75) is 19.1 Å². The molecule has 0 aliphatic carbocycles. The van der Waals surface area contributed by atoms with Crippen LogP contribution in [-0.2, 0) is 16.1 Å². The van der Waals surface area contributed by atoms with Crippen LogP contribution in [0.25, 0.3) is 0 Å². The van der Waals surface area contributed by atoms with E-state index < -0.39 is 4.92 Å². The molecule has 0 spiro atoms. The van der Waals surface area contributed by atoms with Crippen LogP contribution in [0, 0.1) is 10.1 Å². The molecular weight excluding hydrogens is 236 g/mol. The lowest BCUT2D eigenvalue weighted by Crippen LogP contribution is -2.12. The number of ether oxygens (including phenoxy) is 2. The van der Waals surface area contributed by atoms with Gasteiger partial charge in [0.2, 0.25) is 0 Å². The highest BCUT2D eigenvalue weighted by molar-refractivity contribution is 5.62. The monoisotopic (exact) mass is 252 g/mol. The number of rotatable bonds is 5. The van der Waals surface area contributed by atoms with Crippen molar-refractivity contribution in [2.75, 3.05) is 25.6 Å². The van der Waals surface area contributed by atoms with Crippen molar-refractivity contribution in [1.82, 2.24) is 0 Å². The summed E-state index contributed by atoms with van der Waals surface area (Å²) < 4.78 is 10.8. The fourth-order valence-corrected chi connectivity index (χ4v) is 1.89. The van der Waals surface area contributed by atoms with Crippen LogP contribution in [0.1, 0.15) is 12.0 Å². The zero-order chi connectivity index (χ0) is 13.0. The van der Waals surface area contributed by atoms with Crippen LogP contribution in [0.4, 0.5) is 11.4 Å². The van der Waals surface area contributed by atoms with Gasteiger partial charge < -0.3 is 14.8 Å². The Balaban J connectivity index is 2.04. The van der Waals surface area contributed by atoms with E-state index in [0.717, 1.165) is 18.6 Å². The third kappa shape index (κ3) is 2.96. The maximum Gasteiger partial charge on any atom is 0.292 e. The second-order valence-corrected chi connectivity index (χ2v) is 4.16. The Bertz CT molecular complexity index is 430. The molecule has 1 aliphatic heterocycles. The van der Waals surface area contributed by atoms with Gasteiger partial charge in [0.25, 0.3) is 5.69 Å². The highest BCUT2D eigenvalue weighted by Crippen LogP contribution is 2.25. The zero-order valence-electron chi connectivity index (χ0n) is 10.2. The number of benzene rings is 1. The molecule has 0 aromatic heterocycles. The van der Waals surface area contributed by atoms with E-state index in [9.17, 15) is 10.1 Å². The van der Waals surface area contributed by atoms with E-state index in [1.54, 1.807) is 19.2 Å². The molecule has 1 heterocycles. The molecule has 2 rings (SSSR count). The van der Waals surface area contributed by atoms with E-state index in [2.05, 4.69) is 5.32 Å².